The van der Waals surface area contributed by atoms with Crippen molar-refractivity contribution in [3.63, 3.8) is 0 Å². The Kier molecular flexibility index (Phi) is 8.51. The van der Waals surface area contributed by atoms with Crippen LogP contribution in [0.15, 0.2) is 78.9 Å². The molecule has 1 N–H and O–H groups in total. The van der Waals surface area contributed by atoms with E-state index in [1.165, 1.54) is 0 Å². The minimum atomic E-state index is -0.670. The molecule has 3 rings (SSSR count). The normalized spacial score (nSPS) is 12.1. The lowest BCUT2D eigenvalue weighted by atomic mass is 9.99. The summed E-state index contributed by atoms with van der Waals surface area (Å²) in [6.07, 6.45) is 0.544. The van der Waals surface area contributed by atoms with Crippen molar-refractivity contribution in [1.29, 1.82) is 0 Å². The Bertz CT molecular complexity index is 1120. The first kappa shape index (κ1) is 25.5. The standard InChI is InChI=1S/C29H33ClN2O2/c1-21-12-8-9-16-24(21)20-32(27(33)19-23-15-10-11-17-25(23)30)26(28(34)31-29(2,3)4)18-22-13-6-5-7-14-22/h5-17,26H,18-20H2,1-4H3,(H,31,34). The Balaban J connectivity index is 2.01. The van der Waals surface area contributed by atoms with Crippen LogP contribution in [-0.4, -0.2) is 28.3 Å². The average Bonchev–Trinajstić information content (AvgIpc) is 2.78. The summed E-state index contributed by atoms with van der Waals surface area (Å²) in [5, 5.41) is 3.64. The van der Waals surface area contributed by atoms with Gasteiger partial charge in [-0.3, -0.25) is 9.59 Å². The summed E-state index contributed by atoms with van der Waals surface area (Å²) >= 11 is 6.37. The molecule has 0 aliphatic heterocycles. The van der Waals surface area contributed by atoms with Gasteiger partial charge in [0.05, 0.1) is 6.42 Å². The molecule has 2 amide bonds. The fourth-order valence-electron chi connectivity index (χ4n) is 3.88. The number of amides is 2. The summed E-state index contributed by atoms with van der Waals surface area (Å²) in [7, 11) is 0. The van der Waals surface area contributed by atoms with Gasteiger partial charge in [-0.2, -0.15) is 0 Å². The second-order valence-corrected chi connectivity index (χ2v) is 10.1. The van der Waals surface area contributed by atoms with E-state index in [9.17, 15) is 9.59 Å². The Labute approximate surface area is 207 Å². The molecule has 0 saturated carbocycles. The summed E-state index contributed by atoms with van der Waals surface area (Å²) in [6, 6.07) is 24.5. The molecule has 3 aromatic rings. The van der Waals surface area contributed by atoms with Crippen LogP contribution in [-0.2, 0) is 29.0 Å². The molecule has 0 spiro atoms. The number of rotatable bonds is 8. The Morgan fingerprint density at radius 1 is 0.882 bits per heavy atom. The molecule has 0 saturated heterocycles. The van der Waals surface area contributed by atoms with E-state index >= 15 is 0 Å². The summed E-state index contributed by atoms with van der Waals surface area (Å²) in [5.41, 5.74) is 3.41. The van der Waals surface area contributed by atoms with Gasteiger partial charge >= 0.3 is 0 Å². The molecule has 0 aromatic heterocycles. The number of benzene rings is 3. The van der Waals surface area contributed by atoms with Gasteiger partial charge in [0.15, 0.2) is 0 Å². The molecule has 178 valence electrons. The van der Waals surface area contributed by atoms with Crippen LogP contribution >= 0.6 is 11.6 Å². The molecular formula is C29H33ClN2O2. The quantitative estimate of drug-likeness (QED) is 0.450. The van der Waals surface area contributed by atoms with E-state index in [4.69, 9.17) is 11.6 Å². The lowest BCUT2D eigenvalue weighted by Crippen LogP contribution is -2.54. The molecule has 0 fully saturated rings. The van der Waals surface area contributed by atoms with Crippen LogP contribution in [0.5, 0.6) is 0 Å². The highest BCUT2D eigenvalue weighted by Gasteiger charge is 2.32. The number of hydrogen-bond acceptors (Lipinski definition) is 2. The van der Waals surface area contributed by atoms with Crippen molar-refractivity contribution >= 4 is 23.4 Å². The van der Waals surface area contributed by atoms with Crippen LogP contribution < -0.4 is 5.32 Å². The molecule has 0 aliphatic rings. The number of nitrogens with zero attached hydrogens (tertiary/aromatic N) is 1. The van der Waals surface area contributed by atoms with Crippen LogP contribution in [0, 0.1) is 6.92 Å². The molecule has 3 aromatic carbocycles. The van der Waals surface area contributed by atoms with E-state index < -0.39 is 11.6 Å². The van der Waals surface area contributed by atoms with Crippen LogP contribution in [0.3, 0.4) is 0 Å². The first-order valence-corrected chi connectivity index (χ1v) is 11.9. The maximum Gasteiger partial charge on any atom is 0.243 e. The summed E-state index contributed by atoms with van der Waals surface area (Å²) in [6.45, 7) is 8.20. The molecule has 1 unspecified atom stereocenters. The van der Waals surface area contributed by atoms with E-state index in [1.807, 2.05) is 100 Å². The number of carbonyl (C=O) groups excluding carboxylic acids is 2. The molecule has 0 heterocycles. The fourth-order valence-corrected chi connectivity index (χ4v) is 4.09. The van der Waals surface area contributed by atoms with Crippen molar-refractivity contribution in [3.05, 3.63) is 106 Å². The van der Waals surface area contributed by atoms with Crippen molar-refractivity contribution in [3.8, 4) is 0 Å². The van der Waals surface area contributed by atoms with Crippen LogP contribution in [0.1, 0.15) is 43.0 Å². The highest BCUT2D eigenvalue weighted by molar-refractivity contribution is 6.31. The van der Waals surface area contributed by atoms with Gasteiger partial charge < -0.3 is 10.2 Å². The zero-order valence-electron chi connectivity index (χ0n) is 20.3. The summed E-state index contributed by atoms with van der Waals surface area (Å²) in [5.74, 6) is -0.307. The molecule has 4 nitrogen and oxygen atoms in total. The minimum absolute atomic E-state index is 0.125. The van der Waals surface area contributed by atoms with Gasteiger partial charge in [-0.05, 0) is 56.0 Å². The van der Waals surface area contributed by atoms with Crippen molar-refractivity contribution in [1.82, 2.24) is 10.2 Å². The number of halogens is 1. The molecule has 0 bridgehead atoms. The van der Waals surface area contributed by atoms with Gasteiger partial charge in [0.2, 0.25) is 11.8 Å². The van der Waals surface area contributed by atoms with Crippen LogP contribution in [0.25, 0.3) is 0 Å². The lowest BCUT2D eigenvalue weighted by Gasteiger charge is -2.34. The Morgan fingerprint density at radius 2 is 1.47 bits per heavy atom. The van der Waals surface area contributed by atoms with E-state index in [-0.39, 0.29) is 18.2 Å². The molecule has 0 radical (unpaired) electrons. The van der Waals surface area contributed by atoms with Gasteiger partial charge in [-0.15, -0.1) is 0 Å². The minimum Gasteiger partial charge on any atom is -0.350 e. The number of nitrogens with one attached hydrogen (secondary N) is 1. The zero-order chi connectivity index (χ0) is 24.7. The van der Waals surface area contributed by atoms with E-state index in [0.717, 1.165) is 22.3 Å². The summed E-state index contributed by atoms with van der Waals surface area (Å²) < 4.78 is 0. The molecule has 5 heteroatoms. The average molecular weight is 477 g/mol. The third-order valence-corrected chi connectivity index (χ3v) is 6.04. The van der Waals surface area contributed by atoms with Crippen LogP contribution in [0.4, 0.5) is 0 Å². The Hall–Kier alpha value is -3.11. The van der Waals surface area contributed by atoms with Gasteiger partial charge in [0, 0.05) is 23.5 Å². The SMILES string of the molecule is Cc1ccccc1CN(C(=O)Cc1ccccc1Cl)C(Cc1ccccc1)C(=O)NC(C)(C)C. The van der Waals surface area contributed by atoms with Crippen molar-refractivity contribution in [2.24, 2.45) is 0 Å². The topological polar surface area (TPSA) is 49.4 Å². The smallest absolute Gasteiger partial charge is 0.243 e. The van der Waals surface area contributed by atoms with Gasteiger partial charge in [0.25, 0.3) is 0 Å². The van der Waals surface area contributed by atoms with Crippen molar-refractivity contribution < 1.29 is 9.59 Å². The van der Waals surface area contributed by atoms with Crippen molar-refractivity contribution in [2.45, 2.75) is 58.7 Å². The first-order valence-electron chi connectivity index (χ1n) is 11.6. The molecule has 0 aliphatic carbocycles. The number of carbonyl (C=O) groups is 2. The third-order valence-electron chi connectivity index (χ3n) is 5.67. The highest BCUT2D eigenvalue weighted by Crippen LogP contribution is 2.21. The first-order chi connectivity index (χ1) is 16.1. The zero-order valence-corrected chi connectivity index (χ0v) is 21.1. The maximum atomic E-state index is 13.8. The van der Waals surface area contributed by atoms with E-state index in [1.54, 1.807) is 11.0 Å². The number of hydrogen-bond donors (Lipinski definition) is 1. The second-order valence-electron chi connectivity index (χ2n) is 9.66. The molecular weight excluding hydrogens is 444 g/mol. The predicted molar refractivity (Wildman–Crippen MR) is 139 cm³/mol. The van der Waals surface area contributed by atoms with Crippen molar-refractivity contribution in [2.75, 3.05) is 0 Å². The van der Waals surface area contributed by atoms with Gasteiger partial charge in [-0.25, -0.2) is 0 Å². The maximum absolute atomic E-state index is 13.8. The van der Waals surface area contributed by atoms with Gasteiger partial charge in [-0.1, -0.05) is 84.4 Å². The number of aryl methyl sites for hydroxylation is 1. The van der Waals surface area contributed by atoms with Crippen LogP contribution in [0.2, 0.25) is 5.02 Å². The lowest BCUT2D eigenvalue weighted by molar-refractivity contribution is -0.141. The largest absolute Gasteiger partial charge is 0.350 e. The van der Waals surface area contributed by atoms with Gasteiger partial charge in [0.1, 0.15) is 6.04 Å². The second kappa shape index (κ2) is 11.3. The fraction of sp³-hybridized carbons (Fsp3) is 0.310. The van der Waals surface area contributed by atoms with E-state index in [2.05, 4.69) is 5.32 Å². The monoisotopic (exact) mass is 476 g/mol. The summed E-state index contributed by atoms with van der Waals surface area (Å²) in [4.78, 5) is 29.1. The molecule has 34 heavy (non-hydrogen) atoms. The highest BCUT2D eigenvalue weighted by atomic mass is 35.5. The Morgan fingerprint density at radius 3 is 2.09 bits per heavy atom. The van der Waals surface area contributed by atoms with E-state index in [0.29, 0.717) is 18.0 Å². The predicted octanol–water partition coefficient (Wildman–Crippen LogP) is 5.75. The molecule has 1 atom stereocenters. The third kappa shape index (κ3) is 7.19.